The van der Waals surface area contributed by atoms with Crippen molar-refractivity contribution in [2.45, 2.75) is 58.1 Å². The molecule has 0 aromatic carbocycles. The highest BCUT2D eigenvalue weighted by Gasteiger charge is 2.25. The smallest absolute Gasteiger partial charge is 0.243 e. The van der Waals surface area contributed by atoms with Gasteiger partial charge in [-0.15, -0.1) is 5.10 Å². The molecule has 2 rings (SSSR count). The summed E-state index contributed by atoms with van der Waals surface area (Å²) >= 11 is 0. The molecule has 1 aromatic heterocycles. The summed E-state index contributed by atoms with van der Waals surface area (Å²) in [4.78, 5) is 4.46. The fourth-order valence-electron chi connectivity index (χ4n) is 2.27. The van der Waals surface area contributed by atoms with Crippen LogP contribution in [0.1, 0.15) is 44.5 Å². The Morgan fingerprint density at radius 3 is 2.53 bits per heavy atom. The lowest BCUT2D eigenvalue weighted by Crippen LogP contribution is -2.29. The van der Waals surface area contributed by atoms with Crippen LogP contribution in [0.2, 0.25) is 0 Å². The summed E-state index contributed by atoms with van der Waals surface area (Å²) < 4.78 is 0. The maximum atomic E-state index is 9.74. The summed E-state index contributed by atoms with van der Waals surface area (Å²) in [5, 5.41) is 21.2. The van der Waals surface area contributed by atoms with E-state index in [0.29, 0.717) is 5.95 Å². The third-order valence-electron chi connectivity index (χ3n) is 3.30. The lowest BCUT2D eigenvalue weighted by molar-refractivity contribution is 0.171. The van der Waals surface area contributed by atoms with E-state index in [4.69, 9.17) is 0 Å². The van der Waals surface area contributed by atoms with Crippen LogP contribution in [0, 0.1) is 0 Å². The number of aryl methyl sites for hydroxylation is 2. The number of nitrogens with zero attached hydrogens (tertiary/aromatic N) is 3. The number of nitrogens with one attached hydrogen (secondary N) is 1. The highest BCUT2D eigenvalue weighted by Crippen LogP contribution is 2.21. The lowest BCUT2D eigenvalue weighted by atomic mass is 10.2. The van der Waals surface area contributed by atoms with Gasteiger partial charge in [0.15, 0.2) is 0 Å². The van der Waals surface area contributed by atoms with Crippen LogP contribution in [0.15, 0.2) is 0 Å². The summed E-state index contributed by atoms with van der Waals surface area (Å²) in [5.74, 6) is 0.546. The highest BCUT2D eigenvalue weighted by atomic mass is 16.3. The first-order valence-electron chi connectivity index (χ1n) is 6.41. The second-order valence-corrected chi connectivity index (χ2v) is 4.48. The Labute approximate surface area is 102 Å². The normalized spacial score (nSPS) is 23.9. The van der Waals surface area contributed by atoms with Gasteiger partial charge >= 0.3 is 0 Å². The molecule has 1 aliphatic rings. The molecule has 1 fully saturated rings. The van der Waals surface area contributed by atoms with Crippen molar-refractivity contribution in [3.63, 3.8) is 0 Å². The zero-order valence-electron chi connectivity index (χ0n) is 10.5. The predicted molar refractivity (Wildman–Crippen MR) is 65.9 cm³/mol. The maximum Gasteiger partial charge on any atom is 0.243 e. The molecule has 1 heterocycles. The minimum atomic E-state index is -0.283. The van der Waals surface area contributed by atoms with Gasteiger partial charge in [-0.05, 0) is 32.1 Å². The topological polar surface area (TPSA) is 70.9 Å². The second-order valence-electron chi connectivity index (χ2n) is 4.48. The number of anilines is 1. The number of rotatable bonds is 4. The Morgan fingerprint density at radius 2 is 1.94 bits per heavy atom. The van der Waals surface area contributed by atoms with Crippen molar-refractivity contribution in [3.8, 4) is 0 Å². The quantitative estimate of drug-likeness (QED) is 0.825. The van der Waals surface area contributed by atoms with Gasteiger partial charge in [0.25, 0.3) is 0 Å². The van der Waals surface area contributed by atoms with Gasteiger partial charge < -0.3 is 10.4 Å². The molecule has 0 spiro atoms. The van der Waals surface area contributed by atoms with Gasteiger partial charge in [-0.2, -0.15) is 5.10 Å². The fraction of sp³-hybridized carbons (Fsp3) is 0.750. The number of hydrogen-bond acceptors (Lipinski definition) is 5. The van der Waals surface area contributed by atoms with Crippen molar-refractivity contribution >= 4 is 5.95 Å². The fourth-order valence-corrected chi connectivity index (χ4v) is 2.27. The number of hydrogen-bond donors (Lipinski definition) is 2. The molecule has 2 unspecified atom stereocenters. The first-order chi connectivity index (χ1) is 8.24. The first kappa shape index (κ1) is 12.2. The zero-order chi connectivity index (χ0) is 12.3. The van der Waals surface area contributed by atoms with Crippen molar-refractivity contribution in [2.24, 2.45) is 0 Å². The molecule has 0 bridgehead atoms. The molecule has 2 atom stereocenters. The molecule has 0 aliphatic heterocycles. The summed E-state index contributed by atoms with van der Waals surface area (Å²) in [6, 6.07) is 0.0778. The molecule has 94 valence electrons. The lowest BCUT2D eigenvalue weighted by Gasteiger charge is -2.16. The van der Waals surface area contributed by atoms with Crippen molar-refractivity contribution in [3.05, 3.63) is 11.4 Å². The van der Waals surface area contributed by atoms with Crippen LogP contribution in [0.4, 0.5) is 5.95 Å². The van der Waals surface area contributed by atoms with Gasteiger partial charge in [-0.3, -0.25) is 0 Å². The molecule has 1 aromatic rings. The van der Waals surface area contributed by atoms with Gasteiger partial charge in [0.05, 0.1) is 23.5 Å². The van der Waals surface area contributed by atoms with E-state index in [1.54, 1.807) is 0 Å². The van der Waals surface area contributed by atoms with E-state index in [0.717, 1.165) is 43.5 Å². The van der Waals surface area contributed by atoms with Crippen molar-refractivity contribution in [2.75, 3.05) is 5.32 Å². The Balaban J connectivity index is 2.10. The third kappa shape index (κ3) is 2.72. The van der Waals surface area contributed by atoms with Gasteiger partial charge in [-0.25, -0.2) is 4.98 Å². The minimum Gasteiger partial charge on any atom is -0.391 e. The summed E-state index contributed by atoms with van der Waals surface area (Å²) in [7, 11) is 0. The molecule has 0 radical (unpaired) electrons. The largest absolute Gasteiger partial charge is 0.391 e. The van der Waals surface area contributed by atoms with Crippen molar-refractivity contribution in [1.29, 1.82) is 0 Å². The van der Waals surface area contributed by atoms with Crippen LogP contribution in [0.25, 0.3) is 0 Å². The molecule has 2 N–H and O–H groups in total. The first-order valence-corrected chi connectivity index (χ1v) is 6.41. The van der Waals surface area contributed by atoms with Crippen LogP contribution in [0.5, 0.6) is 0 Å². The second kappa shape index (κ2) is 5.40. The highest BCUT2D eigenvalue weighted by molar-refractivity contribution is 5.28. The van der Waals surface area contributed by atoms with Gasteiger partial charge in [0.2, 0.25) is 5.95 Å². The zero-order valence-corrected chi connectivity index (χ0v) is 10.5. The standard InChI is InChI=1S/C12H20N4O/c1-3-8-9(4-2)15-16-12(13-8)14-10-6-5-7-11(10)17/h10-11,17H,3-7H2,1-2H3,(H,13,14,16). The van der Waals surface area contributed by atoms with E-state index in [2.05, 4.69) is 34.3 Å². The number of aromatic nitrogens is 3. The van der Waals surface area contributed by atoms with Gasteiger partial charge in [0.1, 0.15) is 0 Å². The summed E-state index contributed by atoms with van der Waals surface area (Å²) in [6.45, 7) is 4.12. The van der Waals surface area contributed by atoms with Crippen LogP contribution in [0.3, 0.4) is 0 Å². The van der Waals surface area contributed by atoms with Gasteiger partial charge in [0, 0.05) is 0 Å². The molecular weight excluding hydrogens is 216 g/mol. The van der Waals surface area contributed by atoms with Gasteiger partial charge in [-0.1, -0.05) is 13.8 Å². The van der Waals surface area contributed by atoms with E-state index < -0.39 is 0 Å². The van der Waals surface area contributed by atoms with E-state index in [1.165, 1.54) is 0 Å². The van der Waals surface area contributed by atoms with E-state index >= 15 is 0 Å². The average Bonchev–Trinajstić information content (AvgIpc) is 2.75. The monoisotopic (exact) mass is 236 g/mol. The predicted octanol–water partition coefficient (Wildman–Crippen LogP) is 1.32. The van der Waals surface area contributed by atoms with Crippen LogP contribution < -0.4 is 5.32 Å². The average molecular weight is 236 g/mol. The number of aliphatic hydroxyl groups excluding tert-OH is 1. The van der Waals surface area contributed by atoms with E-state index in [-0.39, 0.29) is 12.1 Å². The SMILES string of the molecule is CCc1nnc(NC2CCCC2O)nc1CC. The molecule has 17 heavy (non-hydrogen) atoms. The molecule has 1 saturated carbocycles. The molecule has 0 amide bonds. The third-order valence-corrected chi connectivity index (χ3v) is 3.30. The summed E-state index contributed by atoms with van der Waals surface area (Å²) in [5.41, 5.74) is 1.96. The minimum absolute atomic E-state index is 0.0778. The van der Waals surface area contributed by atoms with Crippen LogP contribution in [-0.4, -0.2) is 32.4 Å². The molecule has 5 nitrogen and oxygen atoms in total. The molecule has 0 saturated heterocycles. The molecule has 5 heteroatoms. The van der Waals surface area contributed by atoms with Crippen LogP contribution >= 0.6 is 0 Å². The molecule has 1 aliphatic carbocycles. The van der Waals surface area contributed by atoms with E-state index in [1.807, 2.05) is 0 Å². The Kier molecular flexibility index (Phi) is 3.89. The summed E-state index contributed by atoms with van der Waals surface area (Å²) in [6.07, 6.45) is 4.32. The Bertz CT molecular complexity index is 383. The maximum absolute atomic E-state index is 9.74. The van der Waals surface area contributed by atoms with E-state index in [9.17, 15) is 5.11 Å². The van der Waals surface area contributed by atoms with Crippen molar-refractivity contribution in [1.82, 2.24) is 15.2 Å². The van der Waals surface area contributed by atoms with Crippen LogP contribution in [-0.2, 0) is 12.8 Å². The van der Waals surface area contributed by atoms with Crippen molar-refractivity contribution < 1.29 is 5.11 Å². The Morgan fingerprint density at radius 1 is 1.18 bits per heavy atom. The number of aliphatic hydroxyl groups is 1. The Hall–Kier alpha value is -1.23. The molecular formula is C12H20N4O.